The van der Waals surface area contributed by atoms with E-state index >= 15 is 0 Å². The quantitative estimate of drug-likeness (QED) is 0.736. The van der Waals surface area contributed by atoms with Crippen LogP contribution in [0.1, 0.15) is 5.01 Å². The molecule has 0 aliphatic carbocycles. The summed E-state index contributed by atoms with van der Waals surface area (Å²) in [5, 5.41) is 8.09. The van der Waals surface area contributed by atoms with Crippen molar-refractivity contribution < 1.29 is 13.2 Å². The van der Waals surface area contributed by atoms with Gasteiger partial charge in [-0.25, -0.2) is 4.98 Å². The van der Waals surface area contributed by atoms with Gasteiger partial charge in [0, 0.05) is 31.2 Å². The largest absolute Gasteiger partial charge is 0.401 e. The molecule has 2 N–H and O–H groups in total. The molecule has 0 fully saturated rings. The van der Waals surface area contributed by atoms with E-state index in [0.717, 1.165) is 5.01 Å². The maximum atomic E-state index is 11.7. The molecule has 1 heterocycles. The average Bonchev–Trinajstić information content (AvgIpc) is 2.61. The molecule has 1 aromatic heterocycles. The first-order valence-electron chi connectivity index (χ1n) is 4.44. The molecule has 0 spiro atoms. The lowest BCUT2D eigenvalue weighted by Crippen LogP contribution is -2.34. The Morgan fingerprint density at radius 3 is 2.60 bits per heavy atom. The van der Waals surface area contributed by atoms with E-state index in [0.29, 0.717) is 19.6 Å². The number of alkyl halides is 3. The third kappa shape index (κ3) is 6.43. The van der Waals surface area contributed by atoms with Crippen molar-refractivity contribution in [1.29, 1.82) is 0 Å². The summed E-state index contributed by atoms with van der Waals surface area (Å²) in [7, 11) is 0. The smallest absolute Gasteiger partial charge is 0.309 e. The normalized spacial score (nSPS) is 11.9. The van der Waals surface area contributed by atoms with Crippen molar-refractivity contribution >= 4 is 11.3 Å². The van der Waals surface area contributed by atoms with Crippen LogP contribution in [0.25, 0.3) is 0 Å². The highest BCUT2D eigenvalue weighted by Crippen LogP contribution is 2.11. The van der Waals surface area contributed by atoms with E-state index in [1.165, 1.54) is 11.3 Å². The van der Waals surface area contributed by atoms with E-state index in [-0.39, 0.29) is 0 Å². The topological polar surface area (TPSA) is 37.0 Å². The van der Waals surface area contributed by atoms with Crippen molar-refractivity contribution in [2.24, 2.45) is 0 Å². The summed E-state index contributed by atoms with van der Waals surface area (Å²) in [6.45, 7) is 0.456. The molecular weight excluding hydrogens is 227 g/mol. The molecule has 7 heteroatoms. The Morgan fingerprint density at radius 1 is 1.27 bits per heavy atom. The van der Waals surface area contributed by atoms with Crippen molar-refractivity contribution in [2.45, 2.75) is 12.7 Å². The molecular formula is C8H12F3N3S. The van der Waals surface area contributed by atoms with Gasteiger partial charge < -0.3 is 10.6 Å². The summed E-state index contributed by atoms with van der Waals surface area (Å²) >= 11 is 1.52. The van der Waals surface area contributed by atoms with Gasteiger partial charge in [0.25, 0.3) is 0 Å². The van der Waals surface area contributed by atoms with Crippen molar-refractivity contribution in [1.82, 2.24) is 15.6 Å². The highest BCUT2D eigenvalue weighted by atomic mass is 32.1. The van der Waals surface area contributed by atoms with Crippen LogP contribution >= 0.6 is 11.3 Å². The Morgan fingerprint density at radius 2 is 2.00 bits per heavy atom. The van der Waals surface area contributed by atoms with Gasteiger partial charge in [-0.05, 0) is 0 Å². The van der Waals surface area contributed by atoms with Crippen molar-refractivity contribution in [3.8, 4) is 0 Å². The van der Waals surface area contributed by atoms with Crippen LogP contribution in [0.2, 0.25) is 0 Å². The maximum Gasteiger partial charge on any atom is 0.401 e. The molecule has 0 saturated heterocycles. The minimum Gasteiger partial charge on any atom is -0.309 e. The lowest BCUT2D eigenvalue weighted by atomic mass is 10.5. The number of hydrogen-bond acceptors (Lipinski definition) is 4. The fraction of sp³-hybridized carbons (Fsp3) is 0.625. The molecule has 86 valence electrons. The monoisotopic (exact) mass is 239 g/mol. The van der Waals surface area contributed by atoms with Crippen LogP contribution in [0.5, 0.6) is 0 Å². The van der Waals surface area contributed by atoms with Crippen LogP contribution in [-0.2, 0) is 6.54 Å². The zero-order chi connectivity index (χ0) is 11.1. The molecule has 0 aliphatic rings. The number of aromatic nitrogens is 1. The van der Waals surface area contributed by atoms with Crippen LogP contribution in [0.4, 0.5) is 13.2 Å². The lowest BCUT2D eigenvalue weighted by molar-refractivity contribution is -0.124. The SMILES string of the molecule is FC(F)(F)CNCCNCc1nccs1. The van der Waals surface area contributed by atoms with Crippen molar-refractivity contribution in [2.75, 3.05) is 19.6 Å². The molecule has 0 aliphatic heterocycles. The Hall–Kier alpha value is -0.660. The third-order valence-corrected chi connectivity index (χ3v) is 2.34. The van der Waals surface area contributed by atoms with E-state index in [2.05, 4.69) is 15.6 Å². The van der Waals surface area contributed by atoms with Crippen molar-refractivity contribution in [3.63, 3.8) is 0 Å². The molecule has 3 nitrogen and oxygen atoms in total. The zero-order valence-electron chi connectivity index (χ0n) is 7.97. The fourth-order valence-corrected chi connectivity index (χ4v) is 1.53. The van der Waals surface area contributed by atoms with E-state index in [9.17, 15) is 13.2 Å². The Balaban J connectivity index is 1.94. The van der Waals surface area contributed by atoms with Crippen LogP contribution in [0, 0.1) is 0 Å². The van der Waals surface area contributed by atoms with Crippen LogP contribution in [0.3, 0.4) is 0 Å². The molecule has 15 heavy (non-hydrogen) atoms. The first-order chi connectivity index (χ1) is 7.08. The van der Waals surface area contributed by atoms with Crippen LogP contribution < -0.4 is 10.6 Å². The molecule has 0 radical (unpaired) electrons. The van der Waals surface area contributed by atoms with Gasteiger partial charge in [0.15, 0.2) is 0 Å². The molecule has 0 saturated carbocycles. The van der Waals surface area contributed by atoms with Crippen molar-refractivity contribution in [3.05, 3.63) is 16.6 Å². The fourth-order valence-electron chi connectivity index (χ4n) is 0.942. The van der Waals surface area contributed by atoms with Gasteiger partial charge in [-0.15, -0.1) is 11.3 Å². The minimum absolute atomic E-state index is 0.297. The van der Waals surface area contributed by atoms with Crippen LogP contribution in [-0.4, -0.2) is 30.8 Å². The van der Waals surface area contributed by atoms with Gasteiger partial charge in [-0.2, -0.15) is 13.2 Å². The molecule has 0 bridgehead atoms. The second-order valence-electron chi connectivity index (χ2n) is 2.89. The van der Waals surface area contributed by atoms with Gasteiger partial charge in [0.1, 0.15) is 5.01 Å². The molecule has 1 aromatic rings. The number of nitrogens with one attached hydrogen (secondary N) is 2. The maximum absolute atomic E-state index is 11.7. The third-order valence-electron chi connectivity index (χ3n) is 1.56. The highest BCUT2D eigenvalue weighted by molar-refractivity contribution is 7.09. The van der Waals surface area contributed by atoms with E-state index in [4.69, 9.17) is 0 Å². The first-order valence-corrected chi connectivity index (χ1v) is 5.32. The van der Waals surface area contributed by atoms with Gasteiger partial charge in [0.05, 0.1) is 6.54 Å². The van der Waals surface area contributed by atoms with Crippen LogP contribution in [0.15, 0.2) is 11.6 Å². The molecule has 0 unspecified atom stereocenters. The average molecular weight is 239 g/mol. The highest BCUT2D eigenvalue weighted by Gasteiger charge is 2.25. The molecule has 1 rings (SSSR count). The summed E-state index contributed by atoms with van der Waals surface area (Å²) in [5.41, 5.74) is 0. The standard InChI is InChI=1S/C8H12F3N3S/c9-8(10,11)6-13-2-1-12-5-7-14-3-4-15-7/h3-4,12-13H,1-2,5-6H2. The summed E-state index contributed by atoms with van der Waals surface area (Å²) in [6, 6.07) is 0. The molecule has 0 amide bonds. The second-order valence-corrected chi connectivity index (χ2v) is 3.87. The molecule has 0 atom stereocenters. The van der Waals surface area contributed by atoms with E-state index < -0.39 is 12.7 Å². The minimum atomic E-state index is -4.13. The molecule has 0 aromatic carbocycles. The number of nitrogens with zero attached hydrogens (tertiary/aromatic N) is 1. The number of thiazole rings is 1. The van der Waals surface area contributed by atoms with E-state index in [1.807, 2.05) is 5.38 Å². The van der Waals surface area contributed by atoms with Gasteiger partial charge in [-0.3, -0.25) is 0 Å². The van der Waals surface area contributed by atoms with Gasteiger partial charge >= 0.3 is 6.18 Å². The van der Waals surface area contributed by atoms with Gasteiger partial charge in [-0.1, -0.05) is 0 Å². The number of rotatable bonds is 6. The zero-order valence-corrected chi connectivity index (χ0v) is 8.79. The number of halogens is 3. The number of hydrogen-bond donors (Lipinski definition) is 2. The van der Waals surface area contributed by atoms with Gasteiger partial charge in [0.2, 0.25) is 0 Å². The Kier molecular flexibility index (Phi) is 5.00. The Labute approximate surface area is 89.7 Å². The summed E-state index contributed by atoms with van der Waals surface area (Å²) < 4.78 is 35.1. The predicted octanol–water partition coefficient (Wildman–Crippen LogP) is 1.38. The summed E-state index contributed by atoms with van der Waals surface area (Å²) in [6.07, 6.45) is -2.43. The Bertz CT molecular complexity index is 261. The lowest BCUT2D eigenvalue weighted by Gasteiger charge is -2.08. The summed E-state index contributed by atoms with van der Waals surface area (Å²) in [4.78, 5) is 4.03. The predicted molar refractivity (Wildman–Crippen MR) is 52.7 cm³/mol. The summed E-state index contributed by atoms with van der Waals surface area (Å²) in [5.74, 6) is 0. The first kappa shape index (κ1) is 12.4. The second kappa shape index (κ2) is 6.04. The van der Waals surface area contributed by atoms with E-state index in [1.54, 1.807) is 6.20 Å².